The molecule has 2 unspecified atom stereocenters. The lowest BCUT2D eigenvalue weighted by molar-refractivity contribution is -0.117. The molecule has 0 spiro atoms. The summed E-state index contributed by atoms with van der Waals surface area (Å²) in [5, 5.41) is 12.4. The summed E-state index contributed by atoms with van der Waals surface area (Å²) in [6, 6.07) is 3.49. The number of anilines is 1. The second kappa shape index (κ2) is 6.32. The second-order valence-electron chi connectivity index (χ2n) is 4.88. The zero-order chi connectivity index (χ0) is 13.8. The van der Waals surface area contributed by atoms with Gasteiger partial charge in [0.05, 0.1) is 18.8 Å². The van der Waals surface area contributed by atoms with E-state index in [2.05, 4.69) is 17.2 Å². The maximum atomic E-state index is 12.0. The molecular weight excluding hydrogens is 266 g/mol. The number of halogens is 1. The molecule has 1 aromatic rings. The van der Waals surface area contributed by atoms with Crippen molar-refractivity contribution in [1.82, 2.24) is 9.88 Å². The van der Waals surface area contributed by atoms with E-state index in [1.807, 2.05) is 4.90 Å². The van der Waals surface area contributed by atoms with Crippen molar-refractivity contribution in [3.63, 3.8) is 0 Å². The fourth-order valence-electron chi connectivity index (χ4n) is 2.43. The molecule has 19 heavy (non-hydrogen) atoms. The summed E-state index contributed by atoms with van der Waals surface area (Å²) in [5.41, 5.74) is 0.516. The van der Waals surface area contributed by atoms with E-state index in [0.29, 0.717) is 11.6 Å². The lowest BCUT2D eigenvalue weighted by Crippen LogP contribution is -2.40. The number of aliphatic hydroxyl groups is 1. The third kappa shape index (κ3) is 3.43. The molecule has 1 saturated heterocycles. The van der Waals surface area contributed by atoms with Gasteiger partial charge in [-0.15, -0.1) is 0 Å². The number of nitrogens with zero attached hydrogens (tertiary/aromatic N) is 2. The Morgan fingerprint density at radius 3 is 3.16 bits per heavy atom. The van der Waals surface area contributed by atoms with Crippen LogP contribution >= 0.6 is 11.6 Å². The van der Waals surface area contributed by atoms with Crippen LogP contribution in [0.1, 0.15) is 13.3 Å². The summed E-state index contributed by atoms with van der Waals surface area (Å²) in [6.07, 6.45) is 2.58. The first kappa shape index (κ1) is 14.2. The van der Waals surface area contributed by atoms with Crippen LogP contribution in [0.15, 0.2) is 18.3 Å². The SMILES string of the molecule is CC1CCN(CC(=O)Nc2cccnc2Cl)C1CO. The van der Waals surface area contributed by atoms with Crippen molar-refractivity contribution in [3.05, 3.63) is 23.5 Å². The van der Waals surface area contributed by atoms with Gasteiger partial charge in [-0.25, -0.2) is 4.98 Å². The molecule has 0 aliphatic carbocycles. The van der Waals surface area contributed by atoms with Crippen LogP contribution in [0.4, 0.5) is 5.69 Å². The molecule has 2 rings (SSSR count). The van der Waals surface area contributed by atoms with Crippen molar-refractivity contribution in [3.8, 4) is 0 Å². The van der Waals surface area contributed by atoms with Crippen molar-refractivity contribution >= 4 is 23.2 Å². The summed E-state index contributed by atoms with van der Waals surface area (Å²) >= 11 is 5.88. The number of carbonyl (C=O) groups excluding carboxylic acids is 1. The molecule has 2 N–H and O–H groups in total. The number of carbonyl (C=O) groups is 1. The van der Waals surface area contributed by atoms with Crippen LogP contribution < -0.4 is 5.32 Å². The quantitative estimate of drug-likeness (QED) is 0.820. The molecule has 0 bridgehead atoms. The minimum atomic E-state index is -0.137. The number of amides is 1. The van der Waals surface area contributed by atoms with Gasteiger partial charge in [0.25, 0.3) is 0 Å². The molecule has 0 saturated carbocycles. The van der Waals surface area contributed by atoms with Crippen molar-refractivity contribution in [2.75, 3.05) is 25.0 Å². The van der Waals surface area contributed by atoms with E-state index in [9.17, 15) is 9.90 Å². The van der Waals surface area contributed by atoms with Gasteiger partial charge in [-0.1, -0.05) is 18.5 Å². The van der Waals surface area contributed by atoms with Crippen molar-refractivity contribution in [1.29, 1.82) is 0 Å². The summed E-state index contributed by atoms with van der Waals surface area (Å²) in [4.78, 5) is 17.9. The molecule has 1 amide bonds. The van der Waals surface area contributed by atoms with E-state index >= 15 is 0 Å². The normalized spacial score (nSPS) is 23.5. The zero-order valence-electron chi connectivity index (χ0n) is 10.8. The van der Waals surface area contributed by atoms with Crippen LogP contribution in [-0.2, 0) is 4.79 Å². The van der Waals surface area contributed by atoms with Gasteiger partial charge in [0.15, 0.2) is 5.15 Å². The lowest BCUT2D eigenvalue weighted by atomic mass is 10.0. The summed E-state index contributed by atoms with van der Waals surface area (Å²) < 4.78 is 0. The van der Waals surface area contributed by atoms with E-state index < -0.39 is 0 Å². The summed E-state index contributed by atoms with van der Waals surface area (Å²) in [5.74, 6) is 0.280. The maximum absolute atomic E-state index is 12.0. The molecule has 1 aromatic heterocycles. The van der Waals surface area contributed by atoms with Gasteiger partial charge >= 0.3 is 0 Å². The zero-order valence-corrected chi connectivity index (χ0v) is 11.6. The second-order valence-corrected chi connectivity index (χ2v) is 5.23. The molecule has 1 fully saturated rings. The number of hydrogen-bond donors (Lipinski definition) is 2. The number of rotatable bonds is 4. The monoisotopic (exact) mass is 283 g/mol. The minimum absolute atomic E-state index is 0.0649. The van der Waals surface area contributed by atoms with E-state index in [1.165, 1.54) is 0 Å². The fraction of sp³-hybridized carbons (Fsp3) is 0.538. The van der Waals surface area contributed by atoms with Gasteiger partial charge in [0.1, 0.15) is 0 Å². The molecule has 6 heteroatoms. The highest BCUT2D eigenvalue weighted by molar-refractivity contribution is 6.32. The molecule has 0 aromatic carbocycles. The van der Waals surface area contributed by atoms with E-state index in [1.54, 1.807) is 18.3 Å². The Morgan fingerprint density at radius 1 is 1.68 bits per heavy atom. The molecule has 104 valence electrons. The smallest absolute Gasteiger partial charge is 0.238 e. The lowest BCUT2D eigenvalue weighted by Gasteiger charge is -2.24. The van der Waals surface area contributed by atoms with Crippen LogP contribution in [0.2, 0.25) is 5.15 Å². The largest absolute Gasteiger partial charge is 0.395 e. The third-order valence-electron chi connectivity index (χ3n) is 3.56. The highest BCUT2D eigenvalue weighted by Crippen LogP contribution is 2.23. The topological polar surface area (TPSA) is 65.5 Å². The number of aliphatic hydroxyl groups excluding tert-OH is 1. The van der Waals surface area contributed by atoms with Gasteiger partial charge in [-0.05, 0) is 31.0 Å². The Hall–Kier alpha value is -1.17. The number of aromatic nitrogens is 1. The fourth-order valence-corrected chi connectivity index (χ4v) is 2.60. The molecule has 0 radical (unpaired) electrons. The van der Waals surface area contributed by atoms with Crippen LogP contribution in [-0.4, -0.2) is 46.6 Å². The molecule has 2 heterocycles. The first-order valence-electron chi connectivity index (χ1n) is 6.37. The Labute approximate surface area is 117 Å². The Balaban J connectivity index is 1.93. The average Bonchev–Trinajstić information content (AvgIpc) is 2.72. The predicted octanol–water partition coefficient (Wildman–Crippen LogP) is 1.38. The van der Waals surface area contributed by atoms with E-state index in [0.717, 1.165) is 13.0 Å². The highest BCUT2D eigenvalue weighted by Gasteiger charge is 2.31. The molecule has 1 aliphatic heterocycles. The third-order valence-corrected chi connectivity index (χ3v) is 3.87. The highest BCUT2D eigenvalue weighted by atomic mass is 35.5. The number of nitrogens with one attached hydrogen (secondary N) is 1. The van der Waals surface area contributed by atoms with Gasteiger partial charge in [0.2, 0.25) is 5.91 Å². The Kier molecular flexibility index (Phi) is 4.74. The number of likely N-dealkylation sites (tertiary alicyclic amines) is 1. The maximum Gasteiger partial charge on any atom is 0.238 e. The number of pyridine rings is 1. The molecular formula is C13H18ClN3O2. The van der Waals surface area contributed by atoms with Gasteiger partial charge in [0, 0.05) is 12.2 Å². The van der Waals surface area contributed by atoms with Crippen LogP contribution in [0.25, 0.3) is 0 Å². The number of hydrogen-bond acceptors (Lipinski definition) is 4. The molecule has 1 aliphatic rings. The standard InChI is InChI=1S/C13H18ClN3O2/c1-9-4-6-17(11(9)8-18)7-12(19)16-10-3-2-5-15-13(10)14/h2-3,5,9,11,18H,4,6-8H2,1H3,(H,16,19). The Bertz CT molecular complexity index is 455. The van der Waals surface area contributed by atoms with E-state index in [-0.39, 0.29) is 30.3 Å². The van der Waals surface area contributed by atoms with Gasteiger partial charge < -0.3 is 10.4 Å². The van der Waals surface area contributed by atoms with Crippen molar-refractivity contribution in [2.24, 2.45) is 5.92 Å². The first-order chi connectivity index (χ1) is 9.11. The minimum Gasteiger partial charge on any atom is -0.395 e. The van der Waals surface area contributed by atoms with Crippen LogP contribution in [0.3, 0.4) is 0 Å². The van der Waals surface area contributed by atoms with Crippen molar-refractivity contribution in [2.45, 2.75) is 19.4 Å². The predicted molar refractivity (Wildman–Crippen MR) is 74.1 cm³/mol. The van der Waals surface area contributed by atoms with Gasteiger partial charge in [-0.2, -0.15) is 0 Å². The molecule has 5 nitrogen and oxygen atoms in total. The van der Waals surface area contributed by atoms with Crippen molar-refractivity contribution < 1.29 is 9.90 Å². The molecule has 2 atom stereocenters. The van der Waals surface area contributed by atoms with Crippen LogP contribution in [0.5, 0.6) is 0 Å². The Morgan fingerprint density at radius 2 is 2.47 bits per heavy atom. The van der Waals surface area contributed by atoms with Gasteiger partial charge in [-0.3, -0.25) is 9.69 Å². The average molecular weight is 284 g/mol. The van der Waals surface area contributed by atoms with Crippen LogP contribution in [0, 0.1) is 5.92 Å². The summed E-state index contributed by atoms with van der Waals surface area (Å²) in [6.45, 7) is 3.28. The van der Waals surface area contributed by atoms with E-state index in [4.69, 9.17) is 11.6 Å². The first-order valence-corrected chi connectivity index (χ1v) is 6.75. The summed E-state index contributed by atoms with van der Waals surface area (Å²) in [7, 11) is 0.